The number of amides is 3. The number of urea groups is 1. The van der Waals surface area contributed by atoms with Gasteiger partial charge < -0.3 is 10.1 Å². The van der Waals surface area contributed by atoms with Crippen LogP contribution in [0.3, 0.4) is 0 Å². The zero-order valence-electron chi connectivity index (χ0n) is 18.6. The van der Waals surface area contributed by atoms with Crippen LogP contribution in [0.1, 0.15) is 47.8 Å². The molecule has 0 unspecified atom stereocenters. The Morgan fingerprint density at radius 2 is 1.76 bits per heavy atom. The first-order chi connectivity index (χ1) is 15.9. The van der Waals surface area contributed by atoms with Gasteiger partial charge in [0.25, 0.3) is 15.9 Å². The van der Waals surface area contributed by atoms with Crippen molar-refractivity contribution < 1.29 is 22.7 Å². The molecule has 1 saturated heterocycles. The summed E-state index contributed by atoms with van der Waals surface area (Å²) in [6.07, 6.45) is 4.68. The molecule has 33 heavy (non-hydrogen) atoms. The normalized spacial score (nSPS) is 14.8. The second-order valence-corrected chi connectivity index (χ2v) is 10.2. The minimum Gasteiger partial charge on any atom is -0.492 e. The van der Waals surface area contributed by atoms with Gasteiger partial charge in [0.05, 0.1) is 11.5 Å². The van der Waals surface area contributed by atoms with Crippen LogP contribution in [0.25, 0.3) is 0 Å². The predicted molar refractivity (Wildman–Crippen MR) is 127 cm³/mol. The number of carbonyl (C=O) groups is 2. The molecule has 0 radical (unpaired) electrons. The van der Waals surface area contributed by atoms with Crippen LogP contribution in [0.5, 0.6) is 5.75 Å². The van der Waals surface area contributed by atoms with Gasteiger partial charge in [0, 0.05) is 19.6 Å². The fourth-order valence-corrected chi connectivity index (χ4v) is 5.15. The number of ether oxygens (including phenoxy) is 1. The largest absolute Gasteiger partial charge is 0.492 e. The van der Waals surface area contributed by atoms with E-state index in [0.717, 1.165) is 31.2 Å². The summed E-state index contributed by atoms with van der Waals surface area (Å²) in [7, 11) is -3.98. The van der Waals surface area contributed by atoms with E-state index in [2.05, 4.69) is 15.5 Å². The summed E-state index contributed by atoms with van der Waals surface area (Å²) >= 11 is 1.32. The average molecular weight is 495 g/mol. The lowest BCUT2D eigenvalue weighted by atomic mass is 10.1. The smallest absolute Gasteiger partial charge is 0.343 e. The van der Waals surface area contributed by atoms with E-state index in [1.165, 1.54) is 23.5 Å². The van der Waals surface area contributed by atoms with Crippen LogP contribution in [0.15, 0.2) is 40.6 Å². The van der Waals surface area contributed by atoms with Crippen molar-refractivity contribution in [1.82, 2.24) is 20.5 Å². The van der Waals surface area contributed by atoms with E-state index in [9.17, 15) is 18.0 Å². The number of rotatable bonds is 9. The van der Waals surface area contributed by atoms with Crippen molar-refractivity contribution in [2.45, 2.75) is 43.9 Å². The zero-order chi connectivity index (χ0) is 23.7. The summed E-state index contributed by atoms with van der Waals surface area (Å²) in [6.45, 7) is 4.16. The molecule has 1 aromatic carbocycles. The molecule has 180 valence electrons. The predicted octanol–water partition coefficient (Wildman–Crippen LogP) is 2.90. The first kappa shape index (κ1) is 25.0. The summed E-state index contributed by atoms with van der Waals surface area (Å²) in [5.41, 5.74) is 3.47. The third kappa shape index (κ3) is 7.44. The van der Waals surface area contributed by atoms with E-state index in [0.29, 0.717) is 43.3 Å². The maximum Gasteiger partial charge on any atom is 0.343 e. The highest BCUT2D eigenvalue weighted by Gasteiger charge is 2.20. The van der Waals surface area contributed by atoms with Crippen LogP contribution >= 0.6 is 11.3 Å². The quantitative estimate of drug-likeness (QED) is 0.494. The van der Waals surface area contributed by atoms with Gasteiger partial charge in [0.1, 0.15) is 10.6 Å². The van der Waals surface area contributed by atoms with Crippen LogP contribution in [0.4, 0.5) is 4.79 Å². The maximum atomic E-state index is 12.5. The number of hydrogen-bond donors (Lipinski definition) is 3. The fraction of sp³-hybridized carbons (Fsp3) is 0.455. The van der Waals surface area contributed by atoms with Crippen molar-refractivity contribution >= 4 is 33.3 Å². The first-order valence-corrected chi connectivity index (χ1v) is 13.4. The lowest BCUT2D eigenvalue weighted by Gasteiger charge is -2.20. The third-order valence-electron chi connectivity index (χ3n) is 5.16. The van der Waals surface area contributed by atoms with Gasteiger partial charge in [0.15, 0.2) is 0 Å². The molecule has 0 saturated carbocycles. The van der Waals surface area contributed by atoms with E-state index < -0.39 is 16.1 Å². The molecule has 9 nitrogen and oxygen atoms in total. The molecule has 1 aliphatic heterocycles. The highest BCUT2D eigenvalue weighted by molar-refractivity contribution is 7.90. The van der Waals surface area contributed by atoms with Gasteiger partial charge in [0.2, 0.25) is 0 Å². The lowest BCUT2D eigenvalue weighted by molar-refractivity contribution is 0.0954. The third-order valence-corrected chi connectivity index (χ3v) is 7.40. The van der Waals surface area contributed by atoms with Crippen molar-refractivity contribution in [3.63, 3.8) is 0 Å². The number of thiophene rings is 1. The van der Waals surface area contributed by atoms with Gasteiger partial charge in [-0.2, -0.15) is 0 Å². The Bertz CT molecular complexity index is 1030. The van der Waals surface area contributed by atoms with Crippen molar-refractivity contribution in [2.24, 2.45) is 0 Å². The molecule has 1 aliphatic rings. The molecule has 1 fully saturated rings. The number of carbonyl (C=O) groups excluding carboxylic acids is 2. The zero-order valence-corrected chi connectivity index (χ0v) is 20.3. The van der Waals surface area contributed by atoms with Gasteiger partial charge in [-0.3, -0.25) is 10.2 Å². The molecular weight excluding hydrogens is 464 g/mol. The molecule has 11 heteroatoms. The molecular formula is C22H30N4O5S2. The van der Waals surface area contributed by atoms with Crippen molar-refractivity contribution in [2.75, 3.05) is 26.2 Å². The van der Waals surface area contributed by atoms with Crippen LogP contribution in [0.2, 0.25) is 0 Å². The van der Waals surface area contributed by atoms with Gasteiger partial charge in [-0.15, -0.1) is 11.3 Å². The highest BCUT2D eigenvalue weighted by atomic mass is 32.2. The summed E-state index contributed by atoms with van der Waals surface area (Å²) < 4.78 is 32.6. The molecule has 2 heterocycles. The van der Waals surface area contributed by atoms with E-state index in [1.54, 1.807) is 28.6 Å². The number of hydrogen-bond acceptors (Lipinski definition) is 7. The Labute approximate surface area is 198 Å². The first-order valence-electron chi connectivity index (χ1n) is 11.0. The Kier molecular flexibility index (Phi) is 9.10. The Balaban J connectivity index is 1.48. The monoisotopic (exact) mass is 494 g/mol. The van der Waals surface area contributed by atoms with E-state index in [-0.39, 0.29) is 10.8 Å². The number of nitrogens with one attached hydrogen (secondary N) is 3. The molecule has 2 aromatic rings. The fourth-order valence-electron chi connectivity index (χ4n) is 3.50. The van der Waals surface area contributed by atoms with Crippen LogP contribution in [-0.4, -0.2) is 51.6 Å². The Hall–Kier alpha value is -2.63. The summed E-state index contributed by atoms with van der Waals surface area (Å²) in [5.74, 6) is 0.370. The standard InChI is InChI=1S/C22H30N4O5S2/c1-2-31-19-12-16-32-20(19)21(27)23-13-11-17-7-9-18(10-8-17)33(29,30)25-22(28)24-26-14-5-3-4-6-15-26/h7-10,12,16H,2-6,11,13-15H2,1H3,(H,23,27)(H2,24,25,28). The van der Waals surface area contributed by atoms with E-state index >= 15 is 0 Å². The van der Waals surface area contributed by atoms with Gasteiger partial charge in [-0.25, -0.2) is 22.9 Å². The molecule has 3 rings (SSSR count). The molecule has 1 aromatic heterocycles. The van der Waals surface area contributed by atoms with Gasteiger partial charge in [-0.1, -0.05) is 25.0 Å². The summed E-state index contributed by atoms with van der Waals surface area (Å²) in [5, 5.41) is 6.41. The Morgan fingerprint density at radius 3 is 2.42 bits per heavy atom. The van der Waals surface area contributed by atoms with Crippen molar-refractivity contribution in [3.05, 3.63) is 46.2 Å². The average Bonchev–Trinajstić information content (AvgIpc) is 3.09. The van der Waals surface area contributed by atoms with Gasteiger partial charge >= 0.3 is 6.03 Å². The summed E-state index contributed by atoms with van der Waals surface area (Å²) in [4.78, 5) is 25.0. The minimum atomic E-state index is -3.98. The molecule has 3 N–H and O–H groups in total. The van der Waals surface area contributed by atoms with E-state index in [4.69, 9.17) is 4.74 Å². The molecule has 0 spiro atoms. The molecule has 0 bridgehead atoms. The lowest BCUT2D eigenvalue weighted by Crippen LogP contribution is -2.49. The second-order valence-electron chi connectivity index (χ2n) is 7.64. The molecule has 0 aliphatic carbocycles. The minimum absolute atomic E-state index is 0.00115. The van der Waals surface area contributed by atoms with Crippen LogP contribution in [-0.2, 0) is 16.4 Å². The van der Waals surface area contributed by atoms with Gasteiger partial charge in [-0.05, 0) is 55.3 Å². The highest BCUT2D eigenvalue weighted by Crippen LogP contribution is 2.24. The van der Waals surface area contributed by atoms with Crippen LogP contribution < -0.4 is 20.2 Å². The number of hydrazine groups is 1. The van der Waals surface area contributed by atoms with E-state index in [1.807, 2.05) is 6.92 Å². The van der Waals surface area contributed by atoms with Crippen molar-refractivity contribution in [1.29, 1.82) is 0 Å². The van der Waals surface area contributed by atoms with Crippen LogP contribution in [0, 0.1) is 0 Å². The number of sulfonamides is 1. The second kappa shape index (κ2) is 12.0. The SMILES string of the molecule is CCOc1ccsc1C(=O)NCCc1ccc(S(=O)(=O)NC(=O)NN2CCCCCC2)cc1. The summed E-state index contributed by atoms with van der Waals surface area (Å²) in [6, 6.07) is 7.25. The Morgan fingerprint density at radius 1 is 1.06 bits per heavy atom. The molecule has 0 atom stereocenters. The topological polar surface area (TPSA) is 117 Å². The van der Waals surface area contributed by atoms with Crippen molar-refractivity contribution in [3.8, 4) is 5.75 Å². The maximum absolute atomic E-state index is 12.5. The number of nitrogens with zero attached hydrogens (tertiary/aromatic N) is 1. The molecule has 3 amide bonds. The number of benzene rings is 1.